The molecule has 2 heterocycles. The lowest BCUT2D eigenvalue weighted by molar-refractivity contribution is 0.525. The summed E-state index contributed by atoms with van der Waals surface area (Å²) in [7, 11) is -1.16. The molecule has 0 radical (unpaired) electrons. The van der Waals surface area contributed by atoms with Crippen LogP contribution in [-0.2, 0) is 10.8 Å². The van der Waals surface area contributed by atoms with Crippen LogP contribution in [0.25, 0.3) is 0 Å². The van der Waals surface area contributed by atoms with Crippen LogP contribution < -0.4 is 0 Å². The van der Waals surface area contributed by atoms with Crippen molar-refractivity contribution in [3.05, 3.63) is 42.4 Å². The number of hydrogen-bond donors (Lipinski definition) is 0. The first-order valence-electron chi connectivity index (χ1n) is 4.90. The van der Waals surface area contributed by atoms with Gasteiger partial charge in [0, 0.05) is 18.6 Å². The van der Waals surface area contributed by atoms with E-state index < -0.39 is 10.8 Å². The molecule has 2 atom stereocenters. The lowest BCUT2D eigenvalue weighted by Gasteiger charge is -2.09. The quantitative estimate of drug-likeness (QED) is 0.820. The predicted octanol–water partition coefficient (Wildman–Crippen LogP) is 2.25. The fourth-order valence-electron chi connectivity index (χ4n) is 1.40. The maximum Gasteiger partial charge on any atom is 0.116 e. The molecule has 0 saturated heterocycles. The Morgan fingerprint density at radius 2 is 2.25 bits per heavy atom. The molecular formula is C11H12N2O2S. The third-order valence-electron chi connectivity index (χ3n) is 2.35. The van der Waals surface area contributed by atoms with Gasteiger partial charge in [-0.05, 0) is 19.9 Å². The van der Waals surface area contributed by atoms with Crippen molar-refractivity contribution in [1.29, 1.82) is 0 Å². The van der Waals surface area contributed by atoms with Gasteiger partial charge in [0.05, 0.1) is 32.9 Å². The van der Waals surface area contributed by atoms with Gasteiger partial charge in [-0.1, -0.05) is 0 Å². The van der Waals surface area contributed by atoms with E-state index in [-0.39, 0.29) is 5.25 Å². The second kappa shape index (κ2) is 4.57. The molecule has 2 aromatic rings. The standard InChI is InChI=1S/C11H12N2O2S/c1-8-11(3-6-15-8)16(14)9(2)10-7-12-4-5-13-10/h3-7,9H,1-2H3. The Hall–Kier alpha value is -1.49. The molecule has 0 bridgehead atoms. The maximum atomic E-state index is 12.2. The highest BCUT2D eigenvalue weighted by Crippen LogP contribution is 2.25. The van der Waals surface area contributed by atoms with Gasteiger partial charge in [0.15, 0.2) is 0 Å². The molecule has 0 N–H and O–H groups in total. The second-order valence-electron chi connectivity index (χ2n) is 3.41. The fraction of sp³-hybridized carbons (Fsp3) is 0.273. The van der Waals surface area contributed by atoms with Crippen molar-refractivity contribution in [2.24, 2.45) is 0 Å². The Morgan fingerprint density at radius 3 is 2.81 bits per heavy atom. The molecule has 4 nitrogen and oxygen atoms in total. The summed E-state index contributed by atoms with van der Waals surface area (Å²) in [4.78, 5) is 8.85. The fourth-order valence-corrected chi connectivity index (χ4v) is 2.65. The first kappa shape index (κ1) is 11.0. The van der Waals surface area contributed by atoms with Gasteiger partial charge in [0.1, 0.15) is 5.76 Å². The zero-order chi connectivity index (χ0) is 11.5. The molecule has 0 aliphatic carbocycles. The van der Waals surface area contributed by atoms with Crippen LogP contribution >= 0.6 is 0 Å². The summed E-state index contributed by atoms with van der Waals surface area (Å²) >= 11 is 0. The second-order valence-corrected chi connectivity index (χ2v) is 5.15. The Morgan fingerprint density at radius 1 is 1.44 bits per heavy atom. The summed E-state index contributed by atoms with van der Waals surface area (Å²) in [5.41, 5.74) is 0.724. The van der Waals surface area contributed by atoms with E-state index in [2.05, 4.69) is 9.97 Å². The van der Waals surface area contributed by atoms with Crippen LogP contribution in [0.1, 0.15) is 23.6 Å². The van der Waals surface area contributed by atoms with Crippen LogP contribution in [0.15, 0.2) is 40.2 Å². The third kappa shape index (κ3) is 2.04. The van der Waals surface area contributed by atoms with Gasteiger partial charge in [-0.25, -0.2) is 0 Å². The lowest BCUT2D eigenvalue weighted by Crippen LogP contribution is -2.05. The Balaban J connectivity index is 2.27. The number of aromatic nitrogens is 2. The highest BCUT2D eigenvalue weighted by atomic mass is 32.2. The van der Waals surface area contributed by atoms with E-state index >= 15 is 0 Å². The van der Waals surface area contributed by atoms with E-state index in [1.807, 2.05) is 6.92 Å². The van der Waals surface area contributed by atoms with E-state index in [0.29, 0.717) is 5.76 Å². The first-order chi connectivity index (χ1) is 7.70. The summed E-state index contributed by atoms with van der Waals surface area (Å²) in [6.07, 6.45) is 6.39. The molecule has 2 aromatic heterocycles. The molecule has 84 valence electrons. The SMILES string of the molecule is Cc1occc1S(=O)C(C)c1cnccn1. The number of nitrogens with zero attached hydrogens (tertiary/aromatic N) is 2. The molecule has 0 saturated carbocycles. The predicted molar refractivity (Wildman–Crippen MR) is 60.3 cm³/mol. The molecular weight excluding hydrogens is 224 g/mol. The maximum absolute atomic E-state index is 12.2. The molecule has 2 rings (SSSR count). The van der Waals surface area contributed by atoms with Crippen LogP contribution in [0.4, 0.5) is 0 Å². The van der Waals surface area contributed by atoms with Crippen LogP contribution in [0.3, 0.4) is 0 Å². The molecule has 16 heavy (non-hydrogen) atoms. The summed E-state index contributed by atoms with van der Waals surface area (Å²) in [5, 5.41) is -0.190. The monoisotopic (exact) mass is 236 g/mol. The minimum absolute atomic E-state index is 0.190. The van der Waals surface area contributed by atoms with E-state index in [0.717, 1.165) is 10.6 Å². The molecule has 0 aromatic carbocycles. The van der Waals surface area contributed by atoms with Crippen molar-refractivity contribution in [1.82, 2.24) is 9.97 Å². The van der Waals surface area contributed by atoms with Crippen molar-refractivity contribution in [3.8, 4) is 0 Å². The number of hydrogen-bond acceptors (Lipinski definition) is 4. The molecule has 0 fully saturated rings. The molecule has 2 unspecified atom stereocenters. The van der Waals surface area contributed by atoms with Gasteiger partial charge in [-0.2, -0.15) is 0 Å². The number of rotatable bonds is 3. The summed E-state index contributed by atoms with van der Waals surface area (Å²) in [5.74, 6) is 0.689. The average molecular weight is 236 g/mol. The van der Waals surface area contributed by atoms with Crippen molar-refractivity contribution in [3.63, 3.8) is 0 Å². The Bertz CT molecular complexity index is 496. The molecule has 0 amide bonds. The van der Waals surface area contributed by atoms with E-state index in [4.69, 9.17) is 4.42 Å². The topological polar surface area (TPSA) is 56.0 Å². The average Bonchev–Trinajstić information content (AvgIpc) is 2.75. The molecule has 0 aliphatic rings. The van der Waals surface area contributed by atoms with Crippen molar-refractivity contribution in [2.75, 3.05) is 0 Å². The summed E-state index contributed by atoms with van der Waals surface area (Å²) in [6.45, 7) is 3.67. The number of aryl methyl sites for hydroxylation is 1. The highest BCUT2D eigenvalue weighted by Gasteiger charge is 2.19. The van der Waals surface area contributed by atoms with E-state index in [9.17, 15) is 4.21 Å². The van der Waals surface area contributed by atoms with Gasteiger partial charge < -0.3 is 4.42 Å². The molecule has 0 spiro atoms. The highest BCUT2D eigenvalue weighted by molar-refractivity contribution is 7.85. The summed E-state index contributed by atoms with van der Waals surface area (Å²) in [6, 6.07) is 1.73. The minimum Gasteiger partial charge on any atom is -0.468 e. The van der Waals surface area contributed by atoms with Gasteiger partial charge in [-0.15, -0.1) is 0 Å². The zero-order valence-electron chi connectivity index (χ0n) is 9.08. The Labute approximate surface area is 96.2 Å². The van der Waals surface area contributed by atoms with E-state index in [1.54, 1.807) is 37.8 Å². The zero-order valence-corrected chi connectivity index (χ0v) is 9.90. The minimum atomic E-state index is -1.16. The summed E-state index contributed by atoms with van der Waals surface area (Å²) < 4.78 is 17.4. The van der Waals surface area contributed by atoms with Crippen molar-refractivity contribution in [2.45, 2.75) is 24.0 Å². The smallest absolute Gasteiger partial charge is 0.116 e. The van der Waals surface area contributed by atoms with Gasteiger partial charge in [-0.3, -0.25) is 14.2 Å². The largest absolute Gasteiger partial charge is 0.468 e. The van der Waals surface area contributed by atoms with E-state index in [1.165, 1.54) is 0 Å². The first-order valence-corrected chi connectivity index (χ1v) is 6.12. The van der Waals surface area contributed by atoms with Gasteiger partial charge in [0.2, 0.25) is 0 Å². The molecule has 0 aliphatic heterocycles. The van der Waals surface area contributed by atoms with Crippen LogP contribution in [-0.4, -0.2) is 14.2 Å². The van der Waals surface area contributed by atoms with Crippen LogP contribution in [0.2, 0.25) is 0 Å². The Kier molecular flexibility index (Phi) is 3.14. The normalized spacial score (nSPS) is 14.6. The lowest BCUT2D eigenvalue weighted by atomic mass is 10.3. The van der Waals surface area contributed by atoms with Gasteiger partial charge in [0.25, 0.3) is 0 Å². The van der Waals surface area contributed by atoms with Crippen molar-refractivity contribution < 1.29 is 8.63 Å². The number of furan rings is 1. The van der Waals surface area contributed by atoms with Crippen molar-refractivity contribution >= 4 is 10.8 Å². The van der Waals surface area contributed by atoms with Crippen LogP contribution in [0.5, 0.6) is 0 Å². The van der Waals surface area contributed by atoms with Crippen LogP contribution in [0, 0.1) is 6.92 Å². The molecule has 5 heteroatoms. The third-order valence-corrected chi connectivity index (χ3v) is 4.09. The van der Waals surface area contributed by atoms with Gasteiger partial charge >= 0.3 is 0 Å².